The van der Waals surface area contributed by atoms with Gasteiger partial charge >= 0.3 is 0 Å². The van der Waals surface area contributed by atoms with Gasteiger partial charge in [0.1, 0.15) is 10.6 Å². The van der Waals surface area contributed by atoms with Crippen LogP contribution in [0.5, 0.6) is 5.75 Å². The number of aromatic hydroxyl groups is 1. The van der Waals surface area contributed by atoms with Crippen molar-refractivity contribution in [2.45, 2.75) is 4.90 Å². The molecule has 0 saturated carbocycles. The van der Waals surface area contributed by atoms with Crippen LogP contribution in [0.1, 0.15) is 0 Å². The summed E-state index contributed by atoms with van der Waals surface area (Å²) in [6.07, 6.45) is 1.09. The van der Waals surface area contributed by atoms with Gasteiger partial charge in [0.15, 0.2) is 0 Å². The summed E-state index contributed by atoms with van der Waals surface area (Å²) in [7, 11) is -3.83. The average Bonchev–Trinajstić information content (AvgIpc) is 2.32. The lowest BCUT2D eigenvalue weighted by atomic mass is 10.3. The van der Waals surface area contributed by atoms with Crippen molar-refractivity contribution < 1.29 is 13.5 Å². The number of phenolic OH excluding ortho intramolecular Hbond substituents is 1. The van der Waals surface area contributed by atoms with Gasteiger partial charge in [-0.25, -0.2) is 8.42 Å². The Morgan fingerprint density at radius 2 is 1.83 bits per heavy atom. The molecule has 0 bridgehead atoms. The van der Waals surface area contributed by atoms with Gasteiger partial charge in [0.05, 0.1) is 5.69 Å². The number of rotatable bonds is 3. The summed E-state index contributed by atoms with van der Waals surface area (Å²) >= 11 is 0. The highest BCUT2D eigenvalue weighted by Gasteiger charge is 2.15. The predicted octanol–water partition coefficient (Wildman–Crippen LogP) is 0.881. The highest BCUT2D eigenvalue weighted by atomic mass is 32.2. The quantitative estimate of drug-likeness (QED) is 0.718. The lowest BCUT2D eigenvalue weighted by Crippen LogP contribution is -2.15. The molecule has 0 amide bonds. The Kier molecular flexibility index (Phi) is 3.07. The third-order valence-electron chi connectivity index (χ3n) is 2.21. The second kappa shape index (κ2) is 4.53. The van der Waals surface area contributed by atoms with E-state index in [0.717, 1.165) is 12.3 Å². The van der Waals surface area contributed by atoms with Crippen LogP contribution in [0.4, 0.5) is 5.69 Å². The van der Waals surface area contributed by atoms with Crippen molar-refractivity contribution in [2.24, 2.45) is 0 Å². The number of anilines is 1. The first-order valence-electron chi connectivity index (χ1n) is 4.98. The van der Waals surface area contributed by atoms with Crippen molar-refractivity contribution in [3.05, 3.63) is 52.9 Å². The van der Waals surface area contributed by atoms with E-state index in [1.807, 2.05) is 0 Å². The molecule has 0 aliphatic carbocycles. The fourth-order valence-corrected chi connectivity index (χ4v) is 2.37. The summed E-state index contributed by atoms with van der Waals surface area (Å²) in [5, 5.41) is 9.48. The smallest absolute Gasteiger partial charge is 0.263 e. The fraction of sp³-hybridized carbons (Fsp3) is 0. The molecule has 3 N–H and O–H groups in total. The van der Waals surface area contributed by atoms with E-state index in [1.165, 1.54) is 18.2 Å². The normalized spacial score (nSPS) is 11.1. The molecular weight excluding hydrogens is 256 g/mol. The molecule has 1 aromatic heterocycles. The molecule has 0 saturated heterocycles. The number of sulfonamides is 1. The zero-order valence-corrected chi connectivity index (χ0v) is 9.94. The summed E-state index contributed by atoms with van der Waals surface area (Å²) in [6.45, 7) is 0. The van der Waals surface area contributed by atoms with Crippen LogP contribution in [0.3, 0.4) is 0 Å². The number of hydrogen-bond acceptors (Lipinski definition) is 4. The molecule has 2 rings (SSSR count). The molecule has 2 aromatic rings. The van der Waals surface area contributed by atoms with Crippen LogP contribution in [0.15, 0.2) is 52.3 Å². The van der Waals surface area contributed by atoms with Crippen molar-refractivity contribution in [1.82, 2.24) is 4.98 Å². The van der Waals surface area contributed by atoms with E-state index in [-0.39, 0.29) is 16.3 Å². The van der Waals surface area contributed by atoms with Crippen molar-refractivity contribution in [1.29, 1.82) is 0 Å². The molecule has 1 heterocycles. The van der Waals surface area contributed by atoms with Crippen LogP contribution in [0.2, 0.25) is 0 Å². The third-order valence-corrected chi connectivity index (χ3v) is 3.58. The maximum Gasteiger partial charge on any atom is 0.263 e. The van der Waals surface area contributed by atoms with Crippen LogP contribution >= 0.6 is 0 Å². The summed E-state index contributed by atoms with van der Waals surface area (Å²) < 4.78 is 26.1. The van der Waals surface area contributed by atoms with E-state index >= 15 is 0 Å². The zero-order valence-electron chi connectivity index (χ0n) is 9.12. The lowest BCUT2D eigenvalue weighted by Gasteiger charge is -2.08. The Labute approximate surface area is 103 Å². The number of pyridine rings is 1. The number of para-hydroxylation sites is 2. The highest BCUT2D eigenvalue weighted by Crippen LogP contribution is 2.24. The first-order valence-corrected chi connectivity index (χ1v) is 6.47. The van der Waals surface area contributed by atoms with Gasteiger partial charge in [-0.1, -0.05) is 12.1 Å². The largest absolute Gasteiger partial charge is 0.506 e. The molecule has 0 spiro atoms. The number of hydrogen-bond donors (Lipinski definition) is 3. The Balaban J connectivity index is 2.36. The van der Waals surface area contributed by atoms with Gasteiger partial charge in [-0.3, -0.25) is 9.52 Å². The third kappa shape index (κ3) is 2.51. The van der Waals surface area contributed by atoms with E-state index in [4.69, 9.17) is 0 Å². The summed E-state index contributed by atoms with van der Waals surface area (Å²) in [5.74, 6) is -0.175. The number of phenols is 1. The molecule has 0 aliphatic heterocycles. The first kappa shape index (κ1) is 12.2. The minimum Gasteiger partial charge on any atom is -0.506 e. The minimum absolute atomic E-state index is 0.0729. The van der Waals surface area contributed by atoms with E-state index in [1.54, 1.807) is 12.1 Å². The molecule has 94 valence electrons. The summed E-state index contributed by atoms with van der Waals surface area (Å²) in [5.41, 5.74) is -0.319. The minimum atomic E-state index is -3.83. The zero-order chi connectivity index (χ0) is 13.2. The maximum atomic E-state index is 11.9. The lowest BCUT2D eigenvalue weighted by molar-refractivity contribution is 0.477. The van der Waals surface area contributed by atoms with Crippen LogP contribution in [0.25, 0.3) is 0 Å². The molecule has 0 radical (unpaired) electrons. The van der Waals surface area contributed by atoms with Crippen molar-refractivity contribution in [2.75, 3.05) is 4.72 Å². The molecule has 0 aliphatic rings. The van der Waals surface area contributed by atoms with Gasteiger partial charge in [0.2, 0.25) is 5.56 Å². The molecule has 0 unspecified atom stereocenters. The summed E-state index contributed by atoms with van der Waals surface area (Å²) in [6, 6.07) is 8.25. The van der Waals surface area contributed by atoms with Crippen molar-refractivity contribution in [3.8, 4) is 5.75 Å². The van der Waals surface area contributed by atoms with Gasteiger partial charge in [-0.05, 0) is 18.2 Å². The Morgan fingerprint density at radius 3 is 2.44 bits per heavy atom. The van der Waals surface area contributed by atoms with Gasteiger partial charge in [0, 0.05) is 12.3 Å². The van der Waals surface area contributed by atoms with Crippen molar-refractivity contribution in [3.63, 3.8) is 0 Å². The second-order valence-corrected chi connectivity index (χ2v) is 5.19. The molecule has 6 nitrogen and oxygen atoms in total. The van der Waals surface area contributed by atoms with Crippen LogP contribution in [0, 0.1) is 0 Å². The SMILES string of the molecule is O=c1ccc(S(=O)(=O)Nc2ccccc2O)c[nH]1. The molecule has 0 atom stereocenters. The Hall–Kier alpha value is -2.28. The highest BCUT2D eigenvalue weighted by molar-refractivity contribution is 7.92. The van der Waals surface area contributed by atoms with Gasteiger partial charge in [0.25, 0.3) is 10.0 Å². The van der Waals surface area contributed by atoms with Crippen LogP contribution in [-0.2, 0) is 10.0 Å². The van der Waals surface area contributed by atoms with Crippen LogP contribution < -0.4 is 10.3 Å². The van der Waals surface area contributed by atoms with E-state index in [9.17, 15) is 18.3 Å². The molecule has 1 aromatic carbocycles. The number of nitrogens with one attached hydrogen (secondary N) is 2. The number of H-pyrrole nitrogens is 1. The topological polar surface area (TPSA) is 99.3 Å². The Bertz CT molecular complexity index is 701. The average molecular weight is 266 g/mol. The molecule has 18 heavy (non-hydrogen) atoms. The number of aromatic amines is 1. The molecule has 0 fully saturated rings. The Morgan fingerprint density at radius 1 is 1.11 bits per heavy atom. The van der Waals surface area contributed by atoms with Gasteiger partial charge < -0.3 is 10.1 Å². The van der Waals surface area contributed by atoms with Gasteiger partial charge in [-0.15, -0.1) is 0 Å². The summed E-state index contributed by atoms with van der Waals surface area (Å²) in [4.78, 5) is 13.0. The van der Waals surface area contributed by atoms with Crippen molar-refractivity contribution >= 4 is 15.7 Å². The van der Waals surface area contributed by atoms with Gasteiger partial charge in [-0.2, -0.15) is 0 Å². The standard InChI is InChI=1S/C11H10N2O4S/c14-10-4-2-1-3-9(10)13-18(16,17)8-5-6-11(15)12-7-8/h1-7,13-14H,(H,12,15). The fourth-order valence-electron chi connectivity index (χ4n) is 1.33. The first-order chi connectivity index (χ1) is 8.49. The number of aromatic nitrogens is 1. The number of benzene rings is 1. The molecular formula is C11H10N2O4S. The van der Waals surface area contributed by atoms with E-state index in [0.29, 0.717) is 0 Å². The van der Waals surface area contributed by atoms with Crippen LogP contribution in [-0.4, -0.2) is 18.5 Å². The molecule has 7 heteroatoms. The second-order valence-electron chi connectivity index (χ2n) is 3.51. The predicted molar refractivity (Wildman–Crippen MR) is 66.0 cm³/mol. The maximum absolute atomic E-state index is 11.9. The van der Waals surface area contributed by atoms with E-state index in [2.05, 4.69) is 9.71 Å². The monoisotopic (exact) mass is 266 g/mol. The van der Waals surface area contributed by atoms with E-state index < -0.39 is 15.6 Å².